The molecule has 2 rings (SSSR count). The minimum atomic E-state index is -0.273. The highest BCUT2D eigenvalue weighted by atomic mass is 16.6. The van der Waals surface area contributed by atoms with Crippen molar-refractivity contribution in [1.82, 2.24) is 15.3 Å². The van der Waals surface area contributed by atoms with Gasteiger partial charge in [0.2, 0.25) is 0 Å². The van der Waals surface area contributed by atoms with Crippen LogP contribution in [-0.4, -0.2) is 35.8 Å². The summed E-state index contributed by atoms with van der Waals surface area (Å²) in [6, 6.07) is 1.85. The zero-order chi connectivity index (χ0) is 13.0. The quantitative estimate of drug-likeness (QED) is 0.810. The number of nitrogens with one attached hydrogen (secondary N) is 2. The number of hydrogen-bond donors (Lipinski definition) is 2. The molecular weight excluding hydrogens is 234 g/mol. The third kappa shape index (κ3) is 3.63. The molecule has 1 fully saturated rings. The van der Waals surface area contributed by atoms with Crippen LogP contribution in [0.2, 0.25) is 0 Å². The summed E-state index contributed by atoms with van der Waals surface area (Å²) in [5, 5.41) is 3.23. The van der Waals surface area contributed by atoms with Crippen LogP contribution in [-0.2, 0) is 16.0 Å². The highest BCUT2D eigenvalue weighted by Crippen LogP contribution is 2.15. The minimum Gasteiger partial charge on any atom is -0.376 e. The first kappa shape index (κ1) is 13.2. The number of aromatic amines is 1. The third-order valence-electron chi connectivity index (χ3n) is 2.63. The summed E-state index contributed by atoms with van der Waals surface area (Å²) in [7, 11) is 0. The Morgan fingerprint density at radius 1 is 1.56 bits per heavy atom. The molecule has 0 bridgehead atoms. The van der Waals surface area contributed by atoms with E-state index in [1.165, 1.54) is 6.07 Å². The van der Waals surface area contributed by atoms with Gasteiger partial charge in [-0.2, -0.15) is 0 Å². The molecule has 18 heavy (non-hydrogen) atoms. The van der Waals surface area contributed by atoms with Crippen LogP contribution >= 0.6 is 0 Å². The van der Waals surface area contributed by atoms with Gasteiger partial charge in [0.25, 0.3) is 5.56 Å². The molecule has 0 amide bonds. The molecule has 1 saturated heterocycles. The van der Waals surface area contributed by atoms with Gasteiger partial charge in [0, 0.05) is 18.7 Å². The fraction of sp³-hybridized carbons (Fsp3) is 0.667. The van der Waals surface area contributed by atoms with Crippen LogP contribution in [0.1, 0.15) is 31.5 Å². The molecule has 0 aromatic carbocycles. The maximum absolute atomic E-state index is 11.6. The molecule has 6 nitrogen and oxygen atoms in total. The molecule has 0 saturated carbocycles. The van der Waals surface area contributed by atoms with Gasteiger partial charge in [0.1, 0.15) is 11.9 Å². The highest BCUT2D eigenvalue weighted by molar-refractivity contribution is 5.05. The summed E-state index contributed by atoms with van der Waals surface area (Å²) in [5.74, 6) is 0.544. The number of nitrogens with zero attached hydrogens (tertiary/aromatic N) is 1. The van der Waals surface area contributed by atoms with Gasteiger partial charge >= 0.3 is 0 Å². The molecule has 0 radical (unpaired) electrons. The predicted molar refractivity (Wildman–Crippen MR) is 66.3 cm³/mol. The molecule has 6 heteroatoms. The van der Waals surface area contributed by atoms with E-state index in [4.69, 9.17) is 9.47 Å². The predicted octanol–water partition coefficient (Wildman–Crippen LogP) is 0.356. The second-order valence-corrected chi connectivity index (χ2v) is 4.59. The van der Waals surface area contributed by atoms with E-state index in [2.05, 4.69) is 15.3 Å². The Bertz CT molecular complexity index is 438. The number of rotatable bonds is 4. The summed E-state index contributed by atoms with van der Waals surface area (Å²) in [6.45, 7) is 6.22. The lowest BCUT2D eigenvalue weighted by molar-refractivity contribution is -0.0936. The Morgan fingerprint density at radius 2 is 2.39 bits per heavy atom. The molecule has 0 spiro atoms. The van der Waals surface area contributed by atoms with E-state index in [9.17, 15) is 4.79 Å². The van der Waals surface area contributed by atoms with Gasteiger partial charge in [-0.15, -0.1) is 0 Å². The summed E-state index contributed by atoms with van der Waals surface area (Å²) >= 11 is 0. The first-order chi connectivity index (χ1) is 8.65. The Kier molecular flexibility index (Phi) is 4.46. The number of ether oxygens (including phenoxy) is 2. The lowest BCUT2D eigenvalue weighted by atomic mass is 10.3. The summed E-state index contributed by atoms with van der Waals surface area (Å²) in [4.78, 5) is 18.7. The largest absolute Gasteiger partial charge is 0.376 e. The van der Waals surface area contributed by atoms with E-state index >= 15 is 0 Å². The van der Waals surface area contributed by atoms with Gasteiger partial charge in [0.15, 0.2) is 0 Å². The first-order valence-corrected chi connectivity index (χ1v) is 6.18. The summed E-state index contributed by atoms with van der Waals surface area (Å²) in [6.07, 6.45) is -0.273. The average Bonchev–Trinajstić information content (AvgIpc) is 2.37. The van der Waals surface area contributed by atoms with Crippen molar-refractivity contribution >= 4 is 0 Å². The summed E-state index contributed by atoms with van der Waals surface area (Å²) < 4.78 is 10.8. The standard InChI is InChI=1S/C12H19N3O3/c1-8(2)13-6-9-5-11(16)15-12(14-9)10-7-17-3-4-18-10/h5,8,10,13H,3-4,6-7H2,1-2H3,(H,14,15,16). The molecule has 1 aliphatic heterocycles. The van der Waals surface area contributed by atoms with Gasteiger partial charge in [-0.05, 0) is 0 Å². The van der Waals surface area contributed by atoms with Crippen LogP contribution in [0.3, 0.4) is 0 Å². The van der Waals surface area contributed by atoms with Gasteiger partial charge in [-0.3, -0.25) is 4.79 Å². The molecular formula is C12H19N3O3. The highest BCUT2D eigenvalue weighted by Gasteiger charge is 2.19. The van der Waals surface area contributed by atoms with Gasteiger partial charge in [-0.1, -0.05) is 13.8 Å². The molecule has 1 aromatic heterocycles. The Labute approximate surface area is 106 Å². The first-order valence-electron chi connectivity index (χ1n) is 6.18. The Hall–Kier alpha value is -1.24. The van der Waals surface area contributed by atoms with E-state index in [0.29, 0.717) is 38.2 Å². The lowest BCUT2D eigenvalue weighted by Gasteiger charge is -2.22. The van der Waals surface area contributed by atoms with E-state index < -0.39 is 0 Å². The fourth-order valence-corrected chi connectivity index (χ4v) is 1.73. The third-order valence-corrected chi connectivity index (χ3v) is 2.63. The maximum atomic E-state index is 11.6. The summed E-state index contributed by atoms with van der Waals surface area (Å²) in [5.41, 5.74) is 0.561. The molecule has 1 aliphatic rings. The SMILES string of the molecule is CC(C)NCc1cc(=O)[nH]c(C2COCCO2)n1. The van der Waals surface area contributed by atoms with Crippen LogP contribution < -0.4 is 10.9 Å². The van der Waals surface area contributed by atoms with Crippen molar-refractivity contribution in [1.29, 1.82) is 0 Å². The topological polar surface area (TPSA) is 76.2 Å². The van der Waals surface area contributed by atoms with Crippen molar-refractivity contribution in [3.05, 3.63) is 27.9 Å². The van der Waals surface area contributed by atoms with Crippen LogP contribution in [0.4, 0.5) is 0 Å². The lowest BCUT2D eigenvalue weighted by Crippen LogP contribution is -2.28. The van der Waals surface area contributed by atoms with Crippen LogP contribution in [0, 0.1) is 0 Å². The van der Waals surface area contributed by atoms with E-state index in [-0.39, 0.29) is 11.7 Å². The van der Waals surface area contributed by atoms with Crippen LogP contribution in [0.25, 0.3) is 0 Å². The molecule has 1 aromatic rings. The van der Waals surface area contributed by atoms with E-state index in [1.807, 2.05) is 13.8 Å². The fourth-order valence-electron chi connectivity index (χ4n) is 1.73. The second kappa shape index (κ2) is 6.08. The Balaban J connectivity index is 2.12. The van der Waals surface area contributed by atoms with Crippen molar-refractivity contribution in [3.8, 4) is 0 Å². The van der Waals surface area contributed by atoms with E-state index in [1.54, 1.807) is 0 Å². The van der Waals surface area contributed by atoms with Gasteiger partial charge < -0.3 is 19.8 Å². The van der Waals surface area contributed by atoms with E-state index in [0.717, 1.165) is 5.69 Å². The maximum Gasteiger partial charge on any atom is 0.251 e. The van der Waals surface area contributed by atoms with Gasteiger partial charge in [-0.25, -0.2) is 4.98 Å². The van der Waals surface area contributed by atoms with Crippen molar-refractivity contribution < 1.29 is 9.47 Å². The number of aromatic nitrogens is 2. The number of hydrogen-bond acceptors (Lipinski definition) is 5. The number of H-pyrrole nitrogens is 1. The minimum absolute atomic E-state index is 0.158. The van der Waals surface area contributed by atoms with Crippen molar-refractivity contribution in [3.63, 3.8) is 0 Å². The molecule has 1 unspecified atom stereocenters. The Morgan fingerprint density at radius 3 is 3.06 bits per heavy atom. The van der Waals surface area contributed by atoms with Crippen molar-refractivity contribution in [2.75, 3.05) is 19.8 Å². The van der Waals surface area contributed by atoms with Crippen molar-refractivity contribution in [2.24, 2.45) is 0 Å². The zero-order valence-corrected chi connectivity index (χ0v) is 10.7. The average molecular weight is 253 g/mol. The molecule has 2 heterocycles. The normalized spacial score (nSPS) is 20.3. The monoisotopic (exact) mass is 253 g/mol. The van der Waals surface area contributed by atoms with Gasteiger partial charge in [0.05, 0.1) is 25.5 Å². The molecule has 0 aliphatic carbocycles. The smallest absolute Gasteiger partial charge is 0.251 e. The molecule has 2 N–H and O–H groups in total. The second-order valence-electron chi connectivity index (χ2n) is 4.59. The van der Waals surface area contributed by atoms with Crippen LogP contribution in [0.5, 0.6) is 0 Å². The zero-order valence-electron chi connectivity index (χ0n) is 10.7. The molecule has 100 valence electrons. The van der Waals surface area contributed by atoms with Crippen LogP contribution in [0.15, 0.2) is 10.9 Å². The molecule has 1 atom stereocenters. The van der Waals surface area contributed by atoms with Crippen molar-refractivity contribution in [2.45, 2.75) is 32.5 Å².